The number of unbranched alkanes of at least 4 members (excludes halogenated alkanes) is 16. The van der Waals surface area contributed by atoms with Gasteiger partial charge < -0.3 is 4.55 Å². The van der Waals surface area contributed by atoms with Crippen molar-refractivity contribution in [2.24, 2.45) is 0 Å². The first-order valence-corrected chi connectivity index (χ1v) is 15.0. The van der Waals surface area contributed by atoms with Crippen LogP contribution in [-0.4, -0.2) is 13.0 Å². The molecule has 0 aromatic heterocycles. The molecule has 33 heavy (non-hydrogen) atoms. The average Bonchev–Trinajstić information content (AvgIpc) is 2.76. The van der Waals surface area contributed by atoms with Gasteiger partial charge >= 0.3 is 51.4 Å². The summed E-state index contributed by atoms with van der Waals surface area (Å²) in [7, 11) is -4.42. The van der Waals surface area contributed by atoms with Gasteiger partial charge in [0, 0.05) is 0 Å². The van der Waals surface area contributed by atoms with Crippen LogP contribution in [0.2, 0.25) is 0 Å². The second-order valence-electron chi connectivity index (χ2n) is 9.50. The Morgan fingerprint density at radius 3 is 1.42 bits per heavy atom. The van der Waals surface area contributed by atoms with E-state index in [0.29, 0.717) is 6.42 Å². The normalized spacial score (nSPS) is 11.5. The molecule has 0 amide bonds. The van der Waals surface area contributed by atoms with Gasteiger partial charge in [-0.05, 0) is 42.9 Å². The fourth-order valence-electron chi connectivity index (χ4n) is 4.60. The van der Waals surface area contributed by atoms with Crippen LogP contribution in [0.1, 0.15) is 141 Å². The van der Waals surface area contributed by atoms with E-state index in [1.54, 1.807) is 6.07 Å². The molecule has 1 rings (SSSR count). The Bertz CT molecular complexity index is 688. The summed E-state index contributed by atoms with van der Waals surface area (Å²) in [6.07, 6.45) is 24.2. The summed E-state index contributed by atoms with van der Waals surface area (Å²) >= 11 is 0. The monoisotopic (exact) mass is 504 g/mol. The summed E-state index contributed by atoms with van der Waals surface area (Å²) < 4.78 is 35.5. The molecular formula is C28H49KO3S. The van der Waals surface area contributed by atoms with Crippen LogP contribution in [0, 0.1) is 0 Å². The van der Waals surface area contributed by atoms with Crippen LogP contribution >= 0.6 is 0 Å². The van der Waals surface area contributed by atoms with Gasteiger partial charge in [0.2, 0.25) is 0 Å². The molecule has 5 heteroatoms. The molecule has 0 radical (unpaired) electrons. The molecule has 0 heterocycles. The van der Waals surface area contributed by atoms with Gasteiger partial charge in [-0.1, -0.05) is 129 Å². The second kappa shape index (κ2) is 22.0. The summed E-state index contributed by atoms with van der Waals surface area (Å²) in [6.45, 7) is 4.49. The summed E-state index contributed by atoms with van der Waals surface area (Å²) in [5, 5.41) is 0. The quantitative estimate of drug-likeness (QED) is 0.122. The maximum atomic E-state index is 11.8. The molecule has 3 nitrogen and oxygen atoms in total. The van der Waals surface area contributed by atoms with Crippen LogP contribution in [0.3, 0.4) is 0 Å². The minimum Gasteiger partial charge on any atom is -0.744 e. The number of benzene rings is 1. The van der Waals surface area contributed by atoms with E-state index in [0.717, 1.165) is 36.8 Å². The molecular weight excluding hydrogens is 455 g/mol. The Balaban J connectivity index is 0.0000102. The number of aryl methyl sites for hydroxylation is 1. The first kappa shape index (κ1) is 33.8. The molecule has 0 spiro atoms. The van der Waals surface area contributed by atoms with Crippen LogP contribution in [0.5, 0.6) is 0 Å². The molecule has 186 valence electrons. The molecule has 0 saturated heterocycles. The SMILES string of the molecule is CCCCCCCCCCCc1cccc(S(=O)(=O)[O-])c1CCCCCCCCCCC.[K+]. The second-order valence-corrected chi connectivity index (χ2v) is 10.9. The van der Waals surface area contributed by atoms with Crippen molar-refractivity contribution in [3.8, 4) is 0 Å². The topological polar surface area (TPSA) is 57.2 Å². The van der Waals surface area contributed by atoms with E-state index in [1.165, 1.54) is 102 Å². The molecule has 0 unspecified atom stereocenters. The third-order valence-corrected chi connectivity index (χ3v) is 7.50. The van der Waals surface area contributed by atoms with Crippen molar-refractivity contribution in [1.82, 2.24) is 0 Å². The van der Waals surface area contributed by atoms with Crippen LogP contribution in [-0.2, 0) is 23.0 Å². The van der Waals surface area contributed by atoms with Gasteiger partial charge in [-0.2, -0.15) is 0 Å². The van der Waals surface area contributed by atoms with Crippen LogP contribution < -0.4 is 51.4 Å². The van der Waals surface area contributed by atoms with Crippen LogP contribution in [0.15, 0.2) is 23.1 Å². The van der Waals surface area contributed by atoms with E-state index in [2.05, 4.69) is 13.8 Å². The standard InChI is InChI=1S/C28H50O3S.K/c1-3-5-7-9-11-13-15-17-19-22-26-23-21-25-28(32(29,30)31)27(26)24-20-18-16-14-12-10-8-6-4-2;/h21,23,25H,3-20,22,24H2,1-2H3,(H,29,30,31);/q;+1/p-1. The van der Waals surface area contributed by atoms with Gasteiger partial charge in [0.1, 0.15) is 10.1 Å². The molecule has 1 aromatic rings. The third kappa shape index (κ3) is 17.0. The average molecular weight is 505 g/mol. The van der Waals surface area contributed by atoms with Gasteiger partial charge in [0.25, 0.3) is 0 Å². The predicted molar refractivity (Wildman–Crippen MR) is 136 cm³/mol. The van der Waals surface area contributed by atoms with Crippen molar-refractivity contribution < 1.29 is 64.4 Å². The van der Waals surface area contributed by atoms with E-state index in [-0.39, 0.29) is 56.3 Å². The Labute approximate surface area is 248 Å². The zero-order chi connectivity index (χ0) is 23.5. The molecule has 0 aliphatic carbocycles. The molecule has 1 aromatic carbocycles. The Kier molecular flexibility index (Phi) is 22.5. The molecule has 0 atom stereocenters. The van der Waals surface area contributed by atoms with Crippen molar-refractivity contribution in [3.05, 3.63) is 29.3 Å². The van der Waals surface area contributed by atoms with Gasteiger partial charge in [-0.3, -0.25) is 0 Å². The van der Waals surface area contributed by atoms with Gasteiger partial charge in [-0.25, -0.2) is 8.42 Å². The Hall–Kier alpha value is 0.766. The van der Waals surface area contributed by atoms with Crippen molar-refractivity contribution in [2.45, 2.75) is 147 Å². The third-order valence-electron chi connectivity index (χ3n) is 6.58. The van der Waals surface area contributed by atoms with Crippen molar-refractivity contribution in [3.63, 3.8) is 0 Å². The first-order chi connectivity index (χ1) is 15.5. The molecule has 0 saturated carbocycles. The predicted octanol–water partition coefficient (Wildman–Crippen LogP) is 5.74. The molecule has 0 N–H and O–H groups in total. The fourth-order valence-corrected chi connectivity index (χ4v) is 5.38. The van der Waals surface area contributed by atoms with E-state index in [1.807, 2.05) is 6.07 Å². The smallest absolute Gasteiger partial charge is 0.744 e. The van der Waals surface area contributed by atoms with E-state index in [9.17, 15) is 13.0 Å². The van der Waals surface area contributed by atoms with Gasteiger partial charge in [-0.15, -0.1) is 0 Å². The van der Waals surface area contributed by atoms with Crippen molar-refractivity contribution in [1.29, 1.82) is 0 Å². The fraction of sp³-hybridized carbons (Fsp3) is 0.786. The van der Waals surface area contributed by atoms with Crippen LogP contribution in [0.25, 0.3) is 0 Å². The minimum absolute atomic E-state index is 0. The number of hydrogen-bond donors (Lipinski definition) is 0. The Morgan fingerprint density at radius 2 is 1.00 bits per heavy atom. The Morgan fingerprint density at radius 1 is 0.606 bits per heavy atom. The minimum atomic E-state index is -4.42. The molecule has 0 aliphatic heterocycles. The van der Waals surface area contributed by atoms with E-state index in [4.69, 9.17) is 0 Å². The number of rotatable bonds is 21. The maximum absolute atomic E-state index is 11.8. The summed E-state index contributed by atoms with van der Waals surface area (Å²) in [4.78, 5) is 0.0190. The largest absolute Gasteiger partial charge is 1.00 e. The van der Waals surface area contributed by atoms with Gasteiger partial charge in [0.05, 0.1) is 4.90 Å². The van der Waals surface area contributed by atoms with Crippen molar-refractivity contribution in [2.75, 3.05) is 0 Å². The van der Waals surface area contributed by atoms with E-state index >= 15 is 0 Å². The summed E-state index contributed by atoms with van der Waals surface area (Å²) in [5.74, 6) is 0. The molecule has 0 fully saturated rings. The molecule has 0 bridgehead atoms. The van der Waals surface area contributed by atoms with Gasteiger partial charge in [0.15, 0.2) is 0 Å². The maximum Gasteiger partial charge on any atom is 1.00 e. The zero-order valence-corrected chi connectivity index (χ0v) is 25.9. The van der Waals surface area contributed by atoms with Crippen molar-refractivity contribution >= 4 is 10.1 Å². The summed E-state index contributed by atoms with van der Waals surface area (Å²) in [6, 6.07) is 5.28. The molecule has 0 aliphatic rings. The number of hydrogen-bond acceptors (Lipinski definition) is 3. The van der Waals surface area contributed by atoms with E-state index < -0.39 is 10.1 Å². The van der Waals surface area contributed by atoms with Crippen LogP contribution in [0.4, 0.5) is 0 Å². The summed E-state index contributed by atoms with van der Waals surface area (Å²) in [5.41, 5.74) is 1.87. The first-order valence-electron chi connectivity index (χ1n) is 13.6. The zero-order valence-electron chi connectivity index (χ0n) is 22.0.